The van der Waals surface area contributed by atoms with Crippen molar-refractivity contribution in [1.82, 2.24) is 10.3 Å². The minimum absolute atomic E-state index is 0.0526. The Morgan fingerprint density at radius 2 is 2.32 bits per heavy atom. The smallest absolute Gasteiger partial charge is 0.224 e. The highest BCUT2D eigenvalue weighted by molar-refractivity contribution is 7.09. The average Bonchev–Trinajstić information content (AvgIpc) is 3.05. The van der Waals surface area contributed by atoms with Crippen molar-refractivity contribution >= 4 is 17.2 Å². The van der Waals surface area contributed by atoms with Gasteiger partial charge in [-0.3, -0.25) is 4.79 Å². The number of aromatic nitrogens is 1. The number of amides is 1. The maximum absolute atomic E-state index is 12.2. The Morgan fingerprint density at radius 1 is 1.53 bits per heavy atom. The van der Waals surface area contributed by atoms with Gasteiger partial charge >= 0.3 is 0 Å². The lowest BCUT2D eigenvalue weighted by Gasteiger charge is -2.26. The second kappa shape index (κ2) is 5.21. The first kappa shape index (κ1) is 13.1. The second-order valence-electron chi connectivity index (χ2n) is 5.86. The Kier molecular flexibility index (Phi) is 3.58. The van der Waals surface area contributed by atoms with Gasteiger partial charge in [0.1, 0.15) is 0 Å². The first-order valence-corrected chi connectivity index (χ1v) is 7.97. The van der Waals surface area contributed by atoms with Crippen molar-refractivity contribution in [3.05, 3.63) is 16.1 Å². The van der Waals surface area contributed by atoms with Crippen LogP contribution in [0.3, 0.4) is 0 Å². The number of nitrogens with one attached hydrogen (secondary N) is 1. The van der Waals surface area contributed by atoms with Gasteiger partial charge < -0.3 is 11.1 Å². The molecule has 2 aliphatic carbocycles. The summed E-state index contributed by atoms with van der Waals surface area (Å²) < 4.78 is 0. The molecule has 0 aromatic carbocycles. The maximum atomic E-state index is 12.2. The summed E-state index contributed by atoms with van der Waals surface area (Å²) in [6, 6.07) is 0.0841. The van der Waals surface area contributed by atoms with E-state index >= 15 is 0 Å². The largest absolute Gasteiger partial charge is 0.355 e. The molecule has 19 heavy (non-hydrogen) atoms. The molecule has 1 aromatic heterocycles. The van der Waals surface area contributed by atoms with Gasteiger partial charge in [-0.1, -0.05) is 0 Å². The fourth-order valence-corrected chi connectivity index (χ4v) is 4.43. The number of nitrogens with two attached hydrogens (primary N) is 1. The highest BCUT2D eigenvalue weighted by Crippen LogP contribution is 2.47. The van der Waals surface area contributed by atoms with E-state index < -0.39 is 0 Å². The lowest BCUT2D eigenvalue weighted by Crippen LogP contribution is -2.45. The van der Waals surface area contributed by atoms with Crippen LogP contribution in [0.5, 0.6) is 0 Å². The summed E-state index contributed by atoms with van der Waals surface area (Å²) in [6.45, 7) is 2.67. The summed E-state index contributed by atoms with van der Waals surface area (Å²) in [6.07, 6.45) is 4.38. The lowest BCUT2D eigenvalue weighted by molar-refractivity contribution is -0.127. The van der Waals surface area contributed by atoms with E-state index in [1.807, 2.05) is 12.3 Å². The third kappa shape index (κ3) is 2.54. The molecule has 2 aliphatic rings. The molecule has 4 unspecified atom stereocenters. The highest BCUT2D eigenvalue weighted by atomic mass is 32.1. The highest BCUT2D eigenvalue weighted by Gasteiger charge is 2.48. The third-order valence-corrected chi connectivity index (χ3v) is 5.61. The summed E-state index contributed by atoms with van der Waals surface area (Å²) in [7, 11) is 0. The molecule has 0 radical (unpaired) electrons. The zero-order chi connectivity index (χ0) is 13.4. The molecule has 2 saturated carbocycles. The van der Waals surface area contributed by atoms with E-state index in [0.717, 1.165) is 23.5 Å². The van der Waals surface area contributed by atoms with Crippen LogP contribution < -0.4 is 11.1 Å². The summed E-state index contributed by atoms with van der Waals surface area (Å²) in [4.78, 5) is 16.6. The molecule has 0 aliphatic heterocycles. The molecule has 3 rings (SSSR count). The van der Waals surface area contributed by atoms with Gasteiger partial charge in [-0.2, -0.15) is 0 Å². The van der Waals surface area contributed by atoms with E-state index in [-0.39, 0.29) is 17.9 Å². The Bertz CT molecular complexity index is 471. The number of aryl methyl sites for hydroxylation is 1. The fraction of sp³-hybridized carbons (Fsp3) is 0.714. The fourth-order valence-electron chi connectivity index (χ4n) is 3.65. The van der Waals surface area contributed by atoms with Crippen LogP contribution in [-0.4, -0.2) is 23.5 Å². The minimum Gasteiger partial charge on any atom is -0.355 e. The summed E-state index contributed by atoms with van der Waals surface area (Å²) in [5, 5.41) is 6.18. The topological polar surface area (TPSA) is 68.0 Å². The lowest BCUT2D eigenvalue weighted by atomic mass is 9.84. The maximum Gasteiger partial charge on any atom is 0.224 e. The van der Waals surface area contributed by atoms with Crippen LogP contribution >= 0.6 is 11.3 Å². The van der Waals surface area contributed by atoms with Gasteiger partial charge in [-0.25, -0.2) is 4.98 Å². The number of carbonyl (C=O) groups is 1. The Morgan fingerprint density at radius 3 is 2.95 bits per heavy atom. The number of thiazole rings is 1. The van der Waals surface area contributed by atoms with Gasteiger partial charge in [0.25, 0.3) is 0 Å². The van der Waals surface area contributed by atoms with E-state index in [1.165, 1.54) is 12.8 Å². The zero-order valence-corrected chi connectivity index (χ0v) is 12.1. The van der Waals surface area contributed by atoms with Gasteiger partial charge in [0.15, 0.2) is 0 Å². The van der Waals surface area contributed by atoms with Crippen LogP contribution in [0.2, 0.25) is 0 Å². The molecule has 2 fully saturated rings. The molecule has 104 valence electrons. The normalized spacial score (nSPS) is 32.7. The van der Waals surface area contributed by atoms with Crippen molar-refractivity contribution in [3.63, 3.8) is 0 Å². The minimum atomic E-state index is 0.0526. The van der Waals surface area contributed by atoms with Crippen molar-refractivity contribution in [2.75, 3.05) is 6.54 Å². The van der Waals surface area contributed by atoms with Crippen molar-refractivity contribution in [2.24, 2.45) is 23.5 Å². The number of nitrogens with zero attached hydrogens (tertiary/aromatic N) is 1. The quantitative estimate of drug-likeness (QED) is 0.877. The molecular formula is C14H21N3OS. The second-order valence-corrected chi connectivity index (χ2v) is 6.80. The molecule has 4 nitrogen and oxygen atoms in total. The molecule has 5 heteroatoms. The monoisotopic (exact) mass is 279 g/mol. The molecule has 0 spiro atoms. The Balaban J connectivity index is 1.49. The van der Waals surface area contributed by atoms with Crippen LogP contribution in [0.25, 0.3) is 0 Å². The van der Waals surface area contributed by atoms with Crippen LogP contribution in [0.4, 0.5) is 0 Å². The summed E-state index contributed by atoms with van der Waals surface area (Å²) in [5.41, 5.74) is 7.24. The van der Waals surface area contributed by atoms with Crippen molar-refractivity contribution in [1.29, 1.82) is 0 Å². The SMILES string of the molecule is Cc1csc(CCNC(=O)C2C3CCC(C3)C2N)n1. The predicted octanol–water partition coefficient (Wildman–Crippen LogP) is 1.48. The number of carbonyl (C=O) groups excluding carboxylic acids is 1. The van der Waals surface area contributed by atoms with E-state index in [9.17, 15) is 4.79 Å². The molecule has 3 N–H and O–H groups in total. The van der Waals surface area contributed by atoms with Crippen molar-refractivity contribution in [2.45, 2.75) is 38.6 Å². The molecule has 1 amide bonds. The molecular weight excluding hydrogens is 258 g/mol. The van der Waals surface area contributed by atoms with Gasteiger partial charge in [0.2, 0.25) is 5.91 Å². The van der Waals surface area contributed by atoms with E-state index in [1.54, 1.807) is 11.3 Å². The van der Waals surface area contributed by atoms with E-state index in [2.05, 4.69) is 10.3 Å². The predicted molar refractivity (Wildman–Crippen MR) is 75.9 cm³/mol. The molecule has 1 aromatic rings. The number of fused-ring (bicyclic) bond motifs is 2. The first-order valence-electron chi connectivity index (χ1n) is 7.09. The first-order chi connectivity index (χ1) is 9.15. The summed E-state index contributed by atoms with van der Waals surface area (Å²) >= 11 is 1.66. The van der Waals surface area contributed by atoms with E-state index in [4.69, 9.17) is 5.73 Å². The van der Waals surface area contributed by atoms with Crippen LogP contribution in [-0.2, 0) is 11.2 Å². The zero-order valence-electron chi connectivity index (χ0n) is 11.3. The van der Waals surface area contributed by atoms with Gasteiger partial charge in [-0.15, -0.1) is 11.3 Å². The molecule has 1 heterocycles. The summed E-state index contributed by atoms with van der Waals surface area (Å²) in [5.74, 6) is 1.33. The van der Waals surface area contributed by atoms with Crippen molar-refractivity contribution < 1.29 is 4.79 Å². The van der Waals surface area contributed by atoms with Crippen molar-refractivity contribution in [3.8, 4) is 0 Å². The number of hydrogen-bond donors (Lipinski definition) is 2. The van der Waals surface area contributed by atoms with Gasteiger partial charge in [-0.05, 0) is 38.0 Å². The Labute approximate surface area is 117 Å². The Hall–Kier alpha value is -0.940. The third-order valence-electron chi connectivity index (χ3n) is 4.59. The van der Waals surface area contributed by atoms with Crippen LogP contribution in [0.15, 0.2) is 5.38 Å². The van der Waals surface area contributed by atoms with Crippen LogP contribution in [0.1, 0.15) is 30.0 Å². The number of hydrogen-bond acceptors (Lipinski definition) is 4. The molecule has 0 saturated heterocycles. The van der Waals surface area contributed by atoms with Gasteiger partial charge in [0, 0.05) is 30.1 Å². The average molecular weight is 279 g/mol. The molecule has 4 atom stereocenters. The van der Waals surface area contributed by atoms with E-state index in [0.29, 0.717) is 18.4 Å². The number of rotatable bonds is 4. The van der Waals surface area contributed by atoms with Gasteiger partial charge in [0.05, 0.1) is 10.9 Å². The van der Waals surface area contributed by atoms with Crippen LogP contribution in [0, 0.1) is 24.7 Å². The standard InChI is InChI=1S/C14H21N3OS/c1-8-7-19-11(17-8)4-5-16-14(18)12-9-2-3-10(6-9)13(12)15/h7,9-10,12-13H,2-6,15H2,1H3,(H,16,18). The molecule has 2 bridgehead atoms.